The van der Waals surface area contributed by atoms with Gasteiger partial charge in [0, 0.05) is 17.5 Å². The SMILES string of the molecule is Cc1c(OCC(=O)O)cc2c(c1Cl)C(=O)CCC2. The van der Waals surface area contributed by atoms with E-state index in [9.17, 15) is 9.59 Å². The molecule has 1 N–H and O–H groups in total. The molecule has 0 amide bonds. The van der Waals surface area contributed by atoms with Gasteiger partial charge in [-0.3, -0.25) is 4.79 Å². The van der Waals surface area contributed by atoms with Gasteiger partial charge in [0.1, 0.15) is 5.75 Å². The quantitative estimate of drug-likeness (QED) is 0.915. The number of carboxylic acid groups (broad SMARTS) is 1. The number of carbonyl (C=O) groups is 2. The largest absolute Gasteiger partial charge is 0.482 e. The fraction of sp³-hybridized carbons (Fsp3) is 0.385. The van der Waals surface area contributed by atoms with E-state index in [-0.39, 0.29) is 5.78 Å². The molecule has 1 aliphatic carbocycles. The summed E-state index contributed by atoms with van der Waals surface area (Å²) in [6.45, 7) is 1.31. The van der Waals surface area contributed by atoms with Gasteiger partial charge in [0.2, 0.25) is 0 Å². The molecule has 0 aliphatic heterocycles. The van der Waals surface area contributed by atoms with Gasteiger partial charge in [-0.1, -0.05) is 11.6 Å². The van der Waals surface area contributed by atoms with Crippen LogP contribution in [0.5, 0.6) is 5.75 Å². The molecule has 2 rings (SSSR count). The summed E-state index contributed by atoms with van der Waals surface area (Å²) in [4.78, 5) is 22.3. The summed E-state index contributed by atoms with van der Waals surface area (Å²) >= 11 is 6.18. The molecule has 0 heterocycles. The maximum atomic E-state index is 11.8. The molecule has 0 saturated carbocycles. The van der Waals surface area contributed by atoms with Crippen LogP contribution < -0.4 is 4.74 Å². The monoisotopic (exact) mass is 268 g/mol. The number of rotatable bonds is 3. The molecule has 18 heavy (non-hydrogen) atoms. The molecule has 1 aromatic rings. The second-order valence-electron chi connectivity index (χ2n) is 4.31. The Morgan fingerprint density at radius 3 is 2.89 bits per heavy atom. The van der Waals surface area contributed by atoms with Gasteiger partial charge in [-0.25, -0.2) is 4.79 Å². The van der Waals surface area contributed by atoms with Gasteiger partial charge in [0.25, 0.3) is 0 Å². The third kappa shape index (κ3) is 2.34. The molecule has 5 heteroatoms. The summed E-state index contributed by atoms with van der Waals surface area (Å²) in [5, 5.41) is 8.99. The number of Topliss-reactive ketones (excluding diaryl/α,β-unsaturated/α-hetero) is 1. The van der Waals surface area contributed by atoms with Crippen molar-refractivity contribution in [3.05, 3.63) is 27.8 Å². The molecule has 1 aromatic carbocycles. The number of aryl methyl sites for hydroxylation is 1. The third-order valence-corrected chi connectivity index (χ3v) is 3.50. The van der Waals surface area contributed by atoms with Gasteiger partial charge in [-0.15, -0.1) is 0 Å². The van der Waals surface area contributed by atoms with Crippen LogP contribution in [0.1, 0.15) is 34.3 Å². The summed E-state index contributed by atoms with van der Waals surface area (Å²) < 4.78 is 5.19. The number of ether oxygens (including phenoxy) is 1. The van der Waals surface area contributed by atoms with E-state index in [1.165, 1.54) is 0 Å². The first-order valence-electron chi connectivity index (χ1n) is 5.70. The third-order valence-electron chi connectivity index (χ3n) is 3.02. The molecule has 0 spiro atoms. The summed E-state index contributed by atoms with van der Waals surface area (Å²) in [5.41, 5.74) is 2.04. The number of ketones is 1. The van der Waals surface area contributed by atoms with Gasteiger partial charge in [-0.2, -0.15) is 0 Å². The van der Waals surface area contributed by atoms with E-state index >= 15 is 0 Å². The van der Waals surface area contributed by atoms with E-state index in [1.807, 2.05) is 0 Å². The first-order chi connectivity index (χ1) is 8.50. The van der Waals surface area contributed by atoms with Gasteiger partial charge < -0.3 is 9.84 Å². The topological polar surface area (TPSA) is 63.6 Å². The molecule has 0 aromatic heterocycles. The van der Waals surface area contributed by atoms with E-state index in [1.54, 1.807) is 13.0 Å². The minimum Gasteiger partial charge on any atom is -0.482 e. The zero-order chi connectivity index (χ0) is 13.3. The van der Waals surface area contributed by atoms with Crippen LogP contribution in [0.3, 0.4) is 0 Å². The Morgan fingerprint density at radius 2 is 2.22 bits per heavy atom. The molecule has 0 bridgehead atoms. The van der Waals surface area contributed by atoms with E-state index in [2.05, 4.69) is 0 Å². The Balaban J connectivity index is 2.42. The second-order valence-corrected chi connectivity index (χ2v) is 4.68. The fourth-order valence-electron chi connectivity index (χ4n) is 2.13. The number of carboxylic acids is 1. The highest BCUT2D eigenvalue weighted by atomic mass is 35.5. The van der Waals surface area contributed by atoms with E-state index in [4.69, 9.17) is 21.4 Å². The zero-order valence-electron chi connectivity index (χ0n) is 9.96. The minimum atomic E-state index is -1.04. The lowest BCUT2D eigenvalue weighted by molar-refractivity contribution is -0.139. The lowest BCUT2D eigenvalue weighted by Crippen LogP contribution is -2.15. The second kappa shape index (κ2) is 4.98. The summed E-state index contributed by atoms with van der Waals surface area (Å²) in [6.07, 6.45) is 2.08. The lowest BCUT2D eigenvalue weighted by Gasteiger charge is -2.19. The Labute approximate surface area is 110 Å². The highest BCUT2D eigenvalue weighted by Crippen LogP contribution is 2.36. The Bertz CT molecular complexity index is 522. The molecule has 0 atom stereocenters. The van der Waals surface area contributed by atoms with Gasteiger partial charge in [-0.05, 0) is 31.4 Å². The minimum absolute atomic E-state index is 0.0501. The molecule has 0 saturated heterocycles. The van der Waals surface area contributed by atoms with E-state index in [0.717, 1.165) is 18.4 Å². The predicted octanol–water partition coefficient (Wildman–Crippen LogP) is 2.63. The van der Waals surface area contributed by atoms with Crippen LogP contribution in [-0.4, -0.2) is 23.5 Å². The van der Waals surface area contributed by atoms with Crippen LogP contribution in [0.4, 0.5) is 0 Å². The average Bonchev–Trinajstić information content (AvgIpc) is 2.31. The highest BCUT2D eigenvalue weighted by molar-refractivity contribution is 6.35. The average molecular weight is 269 g/mol. The Morgan fingerprint density at radius 1 is 1.50 bits per heavy atom. The van der Waals surface area contributed by atoms with Crippen LogP contribution in [0.25, 0.3) is 0 Å². The van der Waals surface area contributed by atoms with Crippen molar-refractivity contribution in [2.45, 2.75) is 26.2 Å². The standard InChI is InChI=1S/C13H13ClO4/c1-7-10(18-6-11(16)17)5-8-3-2-4-9(15)12(8)13(7)14/h5H,2-4,6H2,1H3,(H,16,17). The predicted molar refractivity (Wildman–Crippen MR) is 66.6 cm³/mol. The van der Waals surface area contributed by atoms with Gasteiger partial charge in [0.05, 0.1) is 5.02 Å². The van der Waals surface area contributed by atoms with Crippen molar-refractivity contribution < 1.29 is 19.4 Å². The molecule has 1 aliphatic rings. The molecular weight excluding hydrogens is 256 g/mol. The van der Waals surface area contributed by atoms with Crippen molar-refractivity contribution in [3.63, 3.8) is 0 Å². The van der Waals surface area contributed by atoms with Crippen molar-refractivity contribution in [3.8, 4) is 5.75 Å². The van der Waals surface area contributed by atoms with Crippen LogP contribution >= 0.6 is 11.6 Å². The molecular formula is C13H13ClO4. The highest BCUT2D eigenvalue weighted by Gasteiger charge is 2.23. The molecule has 96 valence electrons. The Kier molecular flexibility index (Phi) is 3.57. The van der Waals surface area contributed by atoms with Crippen LogP contribution in [-0.2, 0) is 11.2 Å². The maximum Gasteiger partial charge on any atom is 0.341 e. The number of halogens is 1. The first-order valence-corrected chi connectivity index (χ1v) is 6.08. The first kappa shape index (κ1) is 12.9. The number of aliphatic carboxylic acids is 1. The van der Waals surface area contributed by atoms with Crippen LogP contribution in [0.2, 0.25) is 5.02 Å². The summed E-state index contributed by atoms with van der Waals surface area (Å²) in [7, 11) is 0. The summed E-state index contributed by atoms with van der Waals surface area (Å²) in [6, 6.07) is 1.73. The van der Waals surface area contributed by atoms with Crippen molar-refractivity contribution in [1.29, 1.82) is 0 Å². The van der Waals surface area contributed by atoms with Crippen molar-refractivity contribution in [1.82, 2.24) is 0 Å². The fourth-order valence-corrected chi connectivity index (χ4v) is 2.45. The Hall–Kier alpha value is -1.55. The maximum absolute atomic E-state index is 11.8. The molecule has 0 fully saturated rings. The normalized spacial score (nSPS) is 14.2. The molecule has 4 nitrogen and oxygen atoms in total. The van der Waals surface area contributed by atoms with Gasteiger partial charge >= 0.3 is 5.97 Å². The number of hydrogen-bond donors (Lipinski definition) is 1. The van der Waals surface area contributed by atoms with E-state index in [0.29, 0.717) is 28.3 Å². The van der Waals surface area contributed by atoms with Crippen LogP contribution in [0, 0.1) is 6.92 Å². The van der Waals surface area contributed by atoms with Crippen molar-refractivity contribution in [2.24, 2.45) is 0 Å². The van der Waals surface area contributed by atoms with Crippen molar-refractivity contribution >= 4 is 23.4 Å². The lowest BCUT2D eigenvalue weighted by atomic mass is 9.89. The van der Waals surface area contributed by atoms with Crippen LogP contribution in [0.15, 0.2) is 6.07 Å². The zero-order valence-corrected chi connectivity index (χ0v) is 10.7. The summed E-state index contributed by atoms with van der Waals surface area (Å²) in [5.74, 6) is -0.552. The molecule has 0 unspecified atom stereocenters. The van der Waals surface area contributed by atoms with Gasteiger partial charge in [0.15, 0.2) is 12.4 Å². The number of carbonyl (C=O) groups excluding carboxylic acids is 1. The number of benzene rings is 1. The number of fused-ring (bicyclic) bond motifs is 1. The van der Waals surface area contributed by atoms with Crippen molar-refractivity contribution in [2.75, 3.05) is 6.61 Å². The smallest absolute Gasteiger partial charge is 0.341 e. The van der Waals surface area contributed by atoms with E-state index < -0.39 is 12.6 Å². The molecule has 0 radical (unpaired) electrons. The number of hydrogen-bond acceptors (Lipinski definition) is 3.